The van der Waals surface area contributed by atoms with Crippen LogP contribution in [0.4, 0.5) is 0 Å². The van der Waals surface area contributed by atoms with Gasteiger partial charge in [0.2, 0.25) is 5.91 Å². The van der Waals surface area contributed by atoms with Gasteiger partial charge in [-0.3, -0.25) is 4.79 Å². The van der Waals surface area contributed by atoms with Gasteiger partial charge in [-0.1, -0.05) is 43.2 Å². The zero-order valence-electron chi connectivity index (χ0n) is 11.0. The predicted molar refractivity (Wildman–Crippen MR) is 74.1 cm³/mol. The second-order valence-corrected chi connectivity index (χ2v) is 4.44. The largest absolute Gasteiger partial charge is 0.391 e. The Morgan fingerprint density at radius 2 is 2.28 bits per heavy atom. The van der Waals surface area contributed by atoms with Crippen molar-refractivity contribution >= 4 is 12.0 Å². The van der Waals surface area contributed by atoms with E-state index in [1.165, 1.54) is 6.08 Å². The summed E-state index contributed by atoms with van der Waals surface area (Å²) in [6, 6.07) is 7.93. The first-order valence-electron chi connectivity index (χ1n) is 6.32. The lowest BCUT2D eigenvalue weighted by Gasteiger charge is -2.08. The molecule has 0 spiro atoms. The van der Waals surface area contributed by atoms with E-state index in [9.17, 15) is 9.90 Å². The van der Waals surface area contributed by atoms with E-state index in [2.05, 4.69) is 5.32 Å². The van der Waals surface area contributed by atoms with E-state index in [4.69, 9.17) is 0 Å². The molecular weight excluding hydrogens is 226 g/mol. The summed E-state index contributed by atoms with van der Waals surface area (Å²) in [5, 5.41) is 12.2. The molecule has 1 unspecified atom stereocenters. The highest BCUT2D eigenvalue weighted by Crippen LogP contribution is 2.05. The number of aliphatic hydroxyl groups is 1. The Hall–Kier alpha value is -1.61. The fraction of sp³-hybridized carbons (Fsp3) is 0.400. The minimum absolute atomic E-state index is 0.174. The first-order valence-corrected chi connectivity index (χ1v) is 6.32. The van der Waals surface area contributed by atoms with Crippen molar-refractivity contribution in [2.75, 3.05) is 6.54 Å². The molecule has 0 aliphatic heterocycles. The van der Waals surface area contributed by atoms with Crippen LogP contribution in [0.5, 0.6) is 0 Å². The second kappa shape index (κ2) is 7.67. The predicted octanol–water partition coefficient (Wildman–Crippen LogP) is 2.29. The number of aliphatic hydroxyl groups excluding tert-OH is 1. The van der Waals surface area contributed by atoms with Gasteiger partial charge in [-0.05, 0) is 25.0 Å². The van der Waals surface area contributed by atoms with Gasteiger partial charge in [0.15, 0.2) is 0 Å². The third kappa shape index (κ3) is 5.64. The Bertz CT molecular complexity index is 413. The van der Waals surface area contributed by atoms with Gasteiger partial charge in [-0.2, -0.15) is 0 Å². The fourth-order valence-corrected chi connectivity index (χ4v) is 1.66. The van der Waals surface area contributed by atoms with Crippen molar-refractivity contribution < 1.29 is 9.90 Å². The summed E-state index contributed by atoms with van der Waals surface area (Å²) in [6.07, 6.45) is 4.44. The van der Waals surface area contributed by atoms with Crippen LogP contribution in [-0.4, -0.2) is 23.7 Å². The summed E-state index contributed by atoms with van der Waals surface area (Å²) in [7, 11) is 0. The maximum atomic E-state index is 11.5. The standard InChI is InChI=1S/C15H21NO2/c1-3-5-14(17)11-16-15(18)9-8-13-7-4-6-12(2)10-13/h4,6-10,14,17H,3,5,11H2,1-2H3,(H,16,18)/b9-8+. The van der Waals surface area contributed by atoms with Crippen molar-refractivity contribution in [2.45, 2.75) is 32.8 Å². The SMILES string of the molecule is CCCC(O)CNC(=O)/C=C/c1cccc(C)c1. The molecule has 0 aromatic heterocycles. The summed E-state index contributed by atoms with van der Waals surface area (Å²) in [4.78, 5) is 11.5. The molecule has 1 rings (SSSR count). The maximum absolute atomic E-state index is 11.5. The minimum atomic E-state index is -0.452. The molecule has 18 heavy (non-hydrogen) atoms. The third-order valence-corrected chi connectivity index (χ3v) is 2.60. The molecule has 1 aromatic carbocycles. The van der Waals surface area contributed by atoms with Gasteiger partial charge in [0.05, 0.1) is 6.10 Å². The monoisotopic (exact) mass is 247 g/mol. The second-order valence-electron chi connectivity index (χ2n) is 4.44. The van der Waals surface area contributed by atoms with Gasteiger partial charge in [-0.25, -0.2) is 0 Å². The number of hydrogen-bond acceptors (Lipinski definition) is 2. The topological polar surface area (TPSA) is 49.3 Å². The molecule has 1 atom stereocenters. The number of amides is 1. The number of nitrogens with one attached hydrogen (secondary N) is 1. The van der Waals surface area contributed by atoms with Crippen LogP contribution in [0, 0.1) is 6.92 Å². The van der Waals surface area contributed by atoms with E-state index in [0.717, 1.165) is 17.5 Å². The third-order valence-electron chi connectivity index (χ3n) is 2.60. The molecule has 0 fully saturated rings. The van der Waals surface area contributed by atoms with E-state index >= 15 is 0 Å². The zero-order valence-corrected chi connectivity index (χ0v) is 11.0. The number of rotatable bonds is 6. The average Bonchev–Trinajstić information content (AvgIpc) is 2.34. The molecule has 0 heterocycles. The Morgan fingerprint density at radius 3 is 2.94 bits per heavy atom. The first kappa shape index (κ1) is 14.5. The molecule has 3 nitrogen and oxygen atoms in total. The van der Waals surface area contributed by atoms with Gasteiger partial charge >= 0.3 is 0 Å². The molecule has 0 saturated carbocycles. The van der Waals surface area contributed by atoms with Crippen molar-refractivity contribution in [1.82, 2.24) is 5.32 Å². The van der Waals surface area contributed by atoms with Crippen molar-refractivity contribution in [1.29, 1.82) is 0 Å². The molecule has 0 radical (unpaired) electrons. The van der Waals surface area contributed by atoms with E-state index in [1.54, 1.807) is 6.08 Å². The summed E-state index contributed by atoms with van der Waals surface area (Å²) in [5.74, 6) is -0.174. The lowest BCUT2D eigenvalue weighted by Crippen LogP contribution is -2.30. The van der Waals surface area contributed by atoms with Gasteiger partial charge in [0.1, 0.15) is 0 Å². The normalized spacial score (nSPS) is 12.6. The number of carbonyl (C=O) groups is 1. The molecule has 2 N–H and O–H groups in total. The Morgan fingerprint density at radius 1 is 1.50 bits per heavy atom. The highest BCUT2D eigenvalue weighted by atomic mass is 16.3. The van der Waals surface area contributed by atoms with Crippen molar-refractivity contribution in [3.05, 3.63) is 41.5 Å². The van der Waals surface area contributed by atoms with Gasteiger partial charge in [-0.15, -0.1) is 0 Å². The molecule has 0 bridgehead atoms. The molecule has 0 aliphatic carbocycles. The van der Waals surface area contributed by atoms with Gasteiger partial charge < -0.3 is 10.4 Å². The van der Waals surface area contributed by atoms with Crippen LogP contribution in [0.25, 0.3) is 6.08 Å². The summed E-state index contributed by atoms with van der Waals surface area (Å²) >= 11 is 0. The van der Waals surface area contributed by atoms with Crippen LogP contribution in [0.1, 0.15) is 30.9 Å². The zero-order chi connectivity index (χ0) is 13.4. The van der Waals surface area contributed by atoms with E-state index in [0.29, 0.717) is 13.0 Å². The molecule has 1 aromatic rings. The van der Waals surface area contributed by atoms with Crippen LogP contribution in [-0.2, 0) is 4.79 Å². The average molecular weight is 247 g/mol. The number of benzene rings is 1. The van der Waals surface area contributed by atoms with Crippen LogP contribution >= 0.6 is 0 Å². The van der Waals surface area contributed by atoms with E-state index in [-0.39, 0.29) is 5.91 Å². The summed E-state index contributed by atoms with van der Waals surface area (Å²) in [6.45, 7) is 4.33. The fourth-order valence-electron chi connectivity index (χ4n) is 1.66. The highest BCUT2D eigenvalue weighted by molar-refractivity contribution is 5.91. The number of carbonyl (C=O) groups excluding carboxylic acids is 1. The van der Waals surface area contributed by atoms with Gasteiger partial charge in [0, 0.05) is 12.6 Å². The maximum Gasteiger partial charge on any atom is 0.244 e. The van der Waals surface area contributed by atoms with Crippen LogP contribution in [0.2, 0.25) is 0 Å². The Kier molecular flexibility index (Phi) is 6.15. The van der Waals surface area contributed by atoms with Crippen LogP contribution < -0.4 is 5.32 Å². The quantitative estimate of drug-likeness (QED) is 0.758. The summed E-state index contributed by atoms with van der Waals surface area (Å²) in [5.41, 5.74) is 2.16. The van der Waals surface area contributed by atoms with E-state index < -0.39 is 6.10 Å². The number of hydrogen-bond donors (Lipinski definition) is 2. The molecular formula is C15H21NO2. The molecule has 1 amide bonds. The number of aryl methyl sites for hydroxylation is 1. The van der Waals surface area contributed by atoms with Gasteiger partial charge in [0.25, 0.3) is 0 Å². The molecule has 0 aliphatic rings. The molecule has 0 saturated heterocycles. The van der Waals surface area contributed by atoms with Crippen LogP contribution in [0.3, 0.4) is 0 Å². The first-order chi connectivity index (χ1) is 8.61. The lowest BCUT2D eigenvalue weighted by atomic mass is 10.1. The van der Waals surface area contributed by atoms with Crippen LogP contribution in [0.15, 0.2) is 30.3 Å². The van der Waals surface area contributed by atoms with Crippen molar-refractivity contribution in [3.63, 3.8) is 0 Å². The Labute approximate surface area is 109 Å². The highest BCUT2D eigenvalue weighted by Gasteiger charge is 2.03. The molecule has 98 valence electrons. The van der Waals surface area contributed by atoms with Crippen molar-refractivity contribution in [3.8, 4) is 0 Å². The molecule has 3 heteroatoms. The van der Waals surface area contributed by atoms with Crippen molar-refractivity contribution in [2.24, 2.45) is 0 Å². The minimum Gasteiger partial charge on any atom is -0.391 e. The summed E-state index contributed by atoms with van der Waals surface area (Å²) < 4.78 is 0. The Balaban J connectivity index is 2.40. The smallest absolute Gasteiger partial charge is 0.244 e. The lowest BCUT2D eigenvalue weighted by molar-refractivity contribution is -0.116. The van der Waals surface area contributed by atoms with E-state index in [1.807, 2.05) is 38.1 Å².